The third kappa shape index (κ3) is 8.66. The minimum Gasteiger partial charge on any atom is -0.480 e. The van der Waals surface area contributed by atoms with E-state index in [-0.39, 0.29) is 22.8 Å². The van der Waals surface area contributed by atoms with Crippen molar-refractivity contribution in [2.75, 3.05) is 6.54 Å². The van der Waals surface area contributed by atoms with Crippen LogP contribution in [0.25, 0.3) is 0 Å². The summed E-state index contributed by atoms with van der Waals surface area (Å²) >= 11 is 6.15. The number of esters is 1. The standard InChI is InChI=1S/C33H38ClF2NO7S/c1-19-13-14-26(35)29(20(19)2)21(3)30(32(39)40)37(17-28(38)44-33(5,6)7)45(41,42)31-25(15-24(34)16-27(31)36)22(4)43-18-23-11-9-8-10-12-23/h8-16,21-22,30H,17-18H2,1-7H3,(H,39,40). The van der Waals surface area contributed by atoms with Crippen LogP contribution in [0.3, 0.4) is 0 Å². The van der Waals surface area contributed by atoms with Gasteiger partial charge in [-0.2, -0.15) is 4.31 Å². The van der Waals surface area contributed by atoms with E-state index in [0.29, 0.717) is 15.4 Å². The number of hydrogen-bond acceptors (Lipinski definition) is 6. The second kappa shape index (κ2) is 14.4. The van der Waals surface area contributed by atoms with Gasteiger partial charge in [-0.05, 0) is 82.0 Å². The topological polar surface area (TPSA) is 110 Å². The van der Waals surface area contributed by atoms with Crippen molar-refractivity contribution in [2.45, 2.75) is 83.6 Å². The normalized spacial score (nSPS) is 14.2. The number of aryl methyl sites for hydroxylation is 1. The van der Waals surface area contributed by atoms with Crippen molar-refractivity contribution in [1.82, 2.24) is 4.31 Å². The van der Waals surface area contributed by atoms with Crippen LogP contribution in [0.2, 0.25) is 5.02 Å². The summed E-state index contributed by atoms with van der Waals surface area (Å²) in [6.07, 6.45) is -1.05. The molecule has 0 saturated carbocycles. The lowest BCUT2D eigenvalue weighted by atomic mass is 9.87. The minimum absolute atomic E-state index is 0.0396. The van der Waals surface area contributed by atoms with Crippen LogP contribution in [0, 0.1) is 25.5 Å². The van der Waals surface area contributed by atoms with Crippen LogP contribution in [0.1, 0.15) is 74.5 Å². The van der Waals surface area contributed by atoms with Gasteiger partial charge in [-0.15, -0.1) is 0 Å². The van der Waals surface area contributed by atoms with Crippen LogP contribution in [0.5, 0.6) is 0 Å². The highest BCUT2D eigenvalue weighted by molar-refractivity contribution is 7.89. The monoisotopic (exact) mass is 665 g/mol. The average Bonchev–Trinajstić information content (AvgIpc) is 2.92. The molecule has 3 atom stereocenters. The van der Waals surface area contributed by atoms with E-state index in [2.05, 4.69) is 0 Å². The van der Waals surface area contributed by atoms with Crippen LogP contribution in [0.4, 0.5) is 8.78 Å². The molecule has 0 saturated heterocycles. The number of benzene rings is 3. The van der Waals surface area contributed by atoms with Crippen molar-refractivity contribution < 1.29 is 41.4 Å². The molecule has 0 aliphatic rings. The Morgan fingerprint density at radius 2 is 1.62 bits per heavy atom. The quantitative estimate of drug-likeness (QED) is 0.206. The predicted octanol–water partition coefficient (Wildman–Crippen LogP) is 7.10. The maximum Gasteiger partial charge on any atom is 0.322 e. The maximum atomic E-state index is 15.8. The molecule has 0 spiro atoms. The van der Waals surface area contributed by atoms with Crippen LogP contribution in [-0.4, -0.2) is 48.0 Å². The highest BCUT2D eigenvalue weighted by Gasteiger charge is 2.45. The van der Waals surface area contributed by atoms with Gasteiger partial charge in [0.2, 0.25) is 10.0 Å². The highest BCUT2D eigenvalue weighted by Crippen LogP contribution is 2.37. The lowest BCUT2D eigenvalue weighted by Crippen LogP contribution is -2.51. The summed E-state index contributed by atoms with van der Waals surface area (Å²) in [6.45, 7) is 9.70. The SMILES string of the molecule is Cc1ccc(F)c(C(C)C(C(=O)O)N(CC(=O)OC(C)(C)C)S(=O)(=O)c2c(F)cc(Cl)cc2C(C)OCc2ccccc2)c1C. The van der Waals surface area contributed by atoms with Crippen LogP contribution in [-0.2, 0) is 35.7 Å². The molecule has 244 valence electrons. The van der Waals surface area contributed by atoms with Crippen LogP contribution in [0.15, 0.2) is 59.5 Å². The zero-order valence-electron chi connectivity index (χ0n) is 26.2. The molecule has 0 heterocycles. The molecule has 3 aromatic rings. The molecule has 1 N–H and O–H groups in total. The minimum atomic E-state index is -5.18. The van der Waals surface area contributed by atoms with E-state index in [0.717, 1.165) is 17.7 Å². The maximum absolute atomic E-state index is 15.8. The fourth-order valence-corrected chi connectivity index (χ4v) is 7.22. The summed E-state index contributed by atoms with van der Waals surface area (Å²) in [6, 6.07) is 11.6. The molecule has 3 unspecified atom stereocenters. The number of carbonyl (C=O) groups is 2. The fraction of sp³-hybridized carbons (Fsp3) is 0.394. The summed E-state index contributed by atoms with van der Waals surface area (Å²) in [5, 5.41) is 10.3. The molecule has 0 aliphatic carbocycles. The number of sulfonamides is 1. The predicted molar refractivity (Wildman–Crippen MR) is 167 cm³/mol. The molecule has 0 radical (unpaired) electrons. The first-order valence-corrected chi connectivity index (χ1v) is 16.0. The Morgan fingerprint density at radius 1 is 1.00 bits per heavy atom. The van der Waals surface area contributed by atoms with Gasteiger partial charge in [-0.1, -0.05) is 54.9 Å². The molecule has 0 aliphatic heterocycles. The van der Waals surface area contributed by atoms with Crippen molar-refractivity contribution in [3.63, 3.8) is 0 Å². The second-order valence-corrected chi connectivity index (χ2v) is 14.1. The van der Waals surface area contributed by atoms with E-state index in [9.17, 15) is 23.1 Å². The summed E-state index contributed by atoms with van der Waals surface area (Å²) in [4.78, 5) is 25.1. The zero-order chi connectivity index (χ0) is 33.9. The smallest absolute Gasteiger partial charge is 0.322 e. The number of aliphatic carboxylic acids is 1. The first-order chi connectivity index (χ1) is 20.8. The second-order valence-electron chi connectivity index (χ2n) is 11.9. The Hall–Kier alpha value is -3.38. The van der Waals surface area contributed by atoms with Gasteiger partial charge < -0.3 is 14.6 Å². The Labute approximate surface area is 268 Å². The molecule has 0 bridgehead atoms. The number of nitrogens with zero attached hydrogens (tertiary/aromatic N) is 1. The fourth-order valence-electron chi connectivity index (χ4n) is 5.10. The van der Waals surface area contributed by atoms with Gasteiger partial charge in [-0.25, -0.2) is 17.2 Å². The Balaban J connectivity index is 2.23. The number of carboxylic acid groups (broad SMARTS) is 1. The zero-order valence-corrected chi connectivity index (χ0v) is 27.8. The summed E-state index contributed by atoms with van der Waals surface area (Å²) in [7, 11) is -5.18. The van der Waals surface area contributed by atoms with Gasteiger partial charge in [0.1, 0.15) is 34.7 Å². The number of carboxylic acids is 1. The van der Waals surface area contributed by atoms with Gasteiger partial charge in [-0.3, -0.25) is 9.59 Å². The molecule has 45 heavy (non-hydrogen) atoms. The molecule has 3 aromatic carbocycles. The number of carbonyl (C=O) groups excluding carboxylic acids is 1. The number of rotatable bonds is 12. The molecule has 12 heteroatoms. The molecular weight excluding hydrogens is 628 g/mol. The van der Waals surface area contributed by atoms with Crippen molar-refractivity contribution >= 4 is 33.6 Å². The Morgan fingerprint density at radius 3 is 2.20 bits per heavy atom. The number of ether oxygens (including phenoxy) is 2. The summed E-state index contributed by atoms with van der Waals surface area (Å²) < 4.78 is 71.6. The van der Waals surface area contributed by atoms with Crippen molar-refractivity contribution in [3.05, 3.63) is 99.1 Å². The van der Waals surface area contributed by atoms with Gasteiger partial charge in [0, 0.05) is 16.5 Å². The first-order valence-electron chi connectivity index (χ1n) is 14.2. The van der Waals surface area contributed by atoms with Gasteiger partial charge >= 0.3 is 11.9 Å². The Bertz CT molecular complexity index is 1660. The third-order valence-corrected chi connectivity index (χ3v) is 9.45. The van der Waals surface area contributed by atoms with E-state index in [1.165, 1.54) is 26.0 Å². The van der Waals surface area contributed by atoms with E-state index >= 15 is 8.78 Å². The molecule has 0 aromatic heterocycles. The van der Waals surface area contributed by atoms with Gasteiger partial charge in [0.15, 0.2) is 0 Å². The van der Waals surface area contributed by atoms with Crippen molar-refractivity contribution in [3.8, 4) is 0 Å². The lowest BCUT2D eigenvalue weighted by Gasteiger charge is -2.34. The van der Waals surface area contributed by atoms with E-state index in [1.54, 1.807) is 58.9 Å². The summed E-state index contributed by atoms with van der Waals surface area (Å²) in [5.41, 5.74) is 0.497. The molecule has 0 fully saturated rings. The van der Waals surface area contributed by atoms with Crippen molar-refractivity contribution in [2.24, 2.45) is 0 Å². The van der Waals surface area contributed by atoms with Crippen LogP contribution < -0.4 is 0 Å². The molecular formula is C33H38ClF2NO7S. The largest absolute Gasteiger partial charge is 0.480 e. The van der Waals surface area contributed by atoms with Crippen molar-refractivity contribution in [1.29, 1.82) is 0 Å². The first kappa shape index (κ1) is 36.1. The van der Waals surface area contributed by atoms with E-state index in [1.807, 2.05) is 6.07 Å². The Kier molecular flexibility index (Phi) is 11.5. The number of halogens is 3. The molecule has 8 nitrogen and oxygen atoms in total. The number of hydrogen-bond donors (Lipinski definition) is 1. The lowest BCUT2D eigenvalue weighted by molar-refractivity contribution is -0.156. The van der Waals surface area contributed by atoms with Gasteiger partial charge in [0.25, 0.3) is 0 Å². The summed E-state index contributed by atoms with van der Waals surface area (Å²) in [5.74, 6) is -6.14. The van der Waals surface area contributed by atoms with Gasteiger partial charge in [0.05, 0.1) is 12.7 Å². The molecule has 0 amide bonds. The molecule has 3 rings (SSSR count). The third-order valence-electron chi connectivity index (χ3n) is 7.31. The average molecular weight is 666 g/mol. The highest BCUT2D eigenvalue weighted by atomic mass is 35.5. The van der Waals surface area contributed by atoms with E-state index < -0.39 is 68.7 Å². The van der Waals surface area contributed by atoms with Crippen LogP contribution >= 0.6 is 11.6 Å². The van der Waals surface area contributed by atoms with E-state index in [4.69, 9.17) is 21.1 Å².